The van der Waals surface area contributed by atoms with E-state index in [2.05, 4.69) is 0 Å². The maximum Gasteiger partial charge on any atom is 0.325 e. The molecule has 1 aromatic heterocycles. The summed E-state index contributed by atoms with van der Waals surface area (Å²) in [6.07, 6.45) is 3.43. The second-order valence-corrected chi connectivity index (χ2v) is 6.47. The molecule has 3 aromatic rings. The molecule has 138 valence electrons. The molecule has 4 heteroatoms. The Morgan fingerprint density at radius 2 is 1.74 bits per heavy atom. The molecule has 0 N–H and O–H groups in total. The van der Waals surface area contributed by atoms with Crippen LogP contribution >= 0.6 is 0 Å². The highest BCUT2D eigenvalue weighted by Crippen LogP contribution is 2.27. The van der Waals surface area contributed by atoms with Gasteiger partial charge < -0.3 is 9.30 Å². The molecule has 0 aliphatic heterocycles. The van der Waals surface area contributed by atoms with Crippen molar-refractivity contribution in [2.24, 2.45) is 0 Å². The van der Waals surface area contributed by atoms with Gasteiger partial charge in [0.1, 0.15) is 6.54 Å². The van der Waals surface area contributed by atoms with Gasteiger partial charge in [0.05, 0.1) is 6.61 Å². The number of hydrogen-bond acceptors (Lipinski definition) is 3. The molecule has 0 unspecified atom stereocenters. The third-order valence-electron chi connectivity index (χ3n) is 4.61. The molecular formula is C23H23NO3. The zero-order valence-electron chi connectivity index (χ0n) is 15.9. The van der Waals surface area contributed by atoms with Crippen molar-refractivity contribution in [3.05, 3.63) is 77.0 Å². The minimum absolute atomic E-state index is 0.0448. The molecule has 0 aliphatic rings. The SMILES string of the molecule is CCOC(=O)Cn1c(C)c(/C=C/C(=O)c2ccc(C)cc2)c2ccccc21. The quantitative estimate of drug-likeness (QED) is 0.363. The fourth-order valence-electron chi connectivity index (χ4n) is 3.18. The largest absolute Gasteiger partial charge is 0.465 e. The van der Waals surface area contributed by atoms with Crippen LogP contribution in [0.5, 0.6) is 0 Å². The van der Waals surface area contributed by atoms with Crippen molar-refractivity contribution in [3.8, 4) is 0 Å². The van der Waals surface area contributed by atoms with Gasteiger partial charge in [-0.25, -0.2) is 0 Å². The zero-order valence-corrected chi connectivity index (χ0v) is 15.9. The molecule has 0 radical (unpaired) electrons. The first-order valence-electron chi connectivity index (χ1n) is 9.03. The molecule has 0 amide bonds. The Morgan fingerprint density at radius 3 is 2.44 bits per heavy atom. The molecule has 1 heterocycles. The first kappa shape index (κ1) is 18.6. The van der Waals surface area contributed by atoms with Gasteiger partial charge in [0.25, 0.3) is 0 Å². The van der Waals surface area contributed by atoms with Crippen LogP contribution in [0.1, 0.15) is 34.1 Å². The van der Waals surface area contributed by atoms with Crippen molar-refractivity contribution in [1.82, 2.24) is 4.57 Å². The summed E-state index contributed by atoms with van der Waals surface area (Å²) in [4.78, 5) is 24.5. The highest BCUT2D eigenvalue weighted by atomic mass is 16.5. The lowest BCUT2D eigenvalue weighted by molar-refractivity contribution is -0.143. The Hall–Kier alpha value is -3.14. The summed E-state index contributed by atoms with van der Waals surface area (Å²) < 4.78 is 7.03. The lowest BCUT2D eigenvalue weighted by Gasteiger charge is -2.07. The van der Waals surface area contributed by atoms with Crippen molar-refractivity contribution in [3.63, 3.8) is 0 Å². The Bertz CT molecular complexity index is 1010. The zero-order chi connectivity index (χ0) is 19.4. The fourth-order valence-corrected chi connectivity index (χ4v) is 3.18. The number of fused-ring (bicyclic) bond motifs is 1. The molecule has 0 aliphatic carbocycles. The number of ketones is 1. The predicted molar refractivity (Wildman–Crippen MR) is 108 cm³/mol. The van der Waals surface area contributed by atoms with E-state index >= 15 is 0 Å². The minimum atomic E-state index is -0.271. The van der Waals surface area contributed by atoms with Crippen molar-refractivity contribution >= 4 is 28.7 Å². The second kappa shape index (κ2) is 8.04. The first-order chi connectivity index (χ1) is 13.0. The highest BCUT2D eigenvalue weighted by molar-refractivity contribution is 6.08. The molecule has 2 aromatic carbocycles. The number of esters is 1. The lowest BCUT2D eigenvalue weighted by Crippen LogP contribution is -2.14. The van der Waals surface area contributed by atoms with Crippen LogP contribution in [0.15, 0.2) is 54.6 Å². The third kappa shape index (κ3) is 4.00. The van der Waals surface area contributed by atoms with E-state index in [0.29, 0.717) is 12.2 Å². The first-order valence-corrected chi connectivity index (χ1v) is 9.03. The number of aryl methyl sites for hydroxylation is 1. The van der Waals surface area contributed by atoms with Gasteiger partial charge in [0, 0.05) is 27.7 Å². The molecule has 27 heavy (non-hydrogen) atoms. The molecule has 4 nitrogen and oxygen atoms in total. The topological polar surface area (TPSA) is 48.3 Å². The molecule has 3 rings (SSSR count). The maximum atomic E-state index is 12.5. The van der Waals surface area contributed by atoms with Gasteiger partial charge >= 0.3 is 5.97 Å². The molecule has 0 spiro atoms. The Kier molecular flexibility index (Phi) is 5.55. The lowest BCUT2D eigenvalue weighted by atomic mass is 10.1. The molecular weight excluding hydrogens is 338 g/mol. The maximum absolute atomic E-state index is 12.5. The van der Waals surface area contributed by atoms with Gasteiger partial charge in [-0.15, -0.1) is 0 Å². The van der Waals surface area contributed by atoms with Gasteiger partial charge in [-0.2, -0.15) is 0 Å². The van der Waals surface area contributed by atoms with Crippen LogP contribution in [-0.2, 0) is 16.1 Å². The molecule has 0 fully saturated rings. The number of carbonyl (C=O) groups excluding carboxylic acids is 2. The van der Waals surface area contributed by atoms with Gasteiger partial charge in [0.2, 0.25) is 0 Å². The van der Waals surface area contributed by atoms with Crippen molar-refractivity contribution in [1.29, 1.82) is 0 Å². The van der Waals surface area contributed by atoms with Gasteiger partial charge in [-0.05, 0) is 39.0 Å². The van der Waals surface area contributed by atoms with Crippen LogP contribution in [0, 0.1) is 13.8 Å². The average Bonchev–Trinajstić information content (AvgIpc) is 2.92. The van der Waals surface area contributed by atoms with Gasteiger partial charge in [0.15, 0.2) is 5.78 Å². The molecule has 0 saturated carbocycles. The van der Waals surface area contributed by atoms with E-state index in [1.165, 1.54) is 0 Å². The summed E-state index contributed by atoms with van der Waals surface area (Å²) in [6.45, 7) is 6.25. The summed E-state index contributed by atoms with van der Waals surface area (Å²) in [7, 11) is 0. The summed E-state index contributed by atoms with van der Waals surface area (Å²) >= 11 is 0. The minimum Gasteiger partial charge on any atom is -0.465 e. The van der Waals surface area contributed by atoms with Gasteiger partial charge in [-0.1, -0.05) is 48.0 Å². The summed E-state index contributed by atoms with van der Waals surface area (Å²) in [5.74, 6) is -0.316. The monoisotopic (exact) mass is 361 g/mol. The number of allylic oxidation sites excluding steroid dienone is 1. The van der Waals surface area contributed by atoms with E-state index in [0.717, 1.165) is 27.7 Å². The molecule has 0 bridgehead atoms. The van der Waals surface area contributed by atoms with Crippen molar-refractivity contribution in [2.45, 2.75) is 27.3 Å². The molecule has 0 atom stereocenters. The van der Waals surface area contributed by atoms with E-state index < -0.39 is 0 Å². The summed E-state index contributed by atoms with van der Waals surface area (Å²) in [5.41, 5.74) is 4.59. The van der Waals surface area contributed by atoms with E-state index in [1.807, 2.05) is 73.0 Å². The van der Waals surface area contributed by atoms with E-state index in [1.54, 1.807) is 13.0 Å². The number of rotatable bonds is 6. The van der Waals surface area contributed by atoms with Crippen molar-refractivity contribution < 1.29 is 14.3 Å². The van der Waals surface area contributed by atoms with E-state index in [4.69, 9.17) is 4.74 Å². The van der Waals surface area contributed by atoms with Gasteiger partial charge in [-0.3, -0.25) is 9.59 Å². The number of benzene rings is 2. The standard InChI is InChI=1S/C23H23NO3/c1-4-27-23(26)15-24-17(3)19(20-7-5-6-8-21(20)24)13-14-22(25)18-11-9-16(2)10-12-18/h5-14H,4,15H2,1-3H3/b14-13+. The van der Waals surface area contributed by atoms with E-state index in [-0.39, 0.29) is 18.3 Å². The second-order valence-electron chi connectivity index (χ2n) is 6.47. The van der Waals surface area contributed by atoms with Crippen LogP contribution in [0.25, 0.3) is 17.0 Å². The van der Waals surface area contributed by atoms with Crippen LogP contribution in [-0.4, -0.2) is 22.9 Å². The predicted octanol–water partition coefficient (Wildman–Crippen LogP) is 4.72. The Morgan fingerprint density at radius 1 is 1.04 bits per heavy atom. The normalized spacial score (nSPS) is 11.2. The summed E-state index contributed by atoms with van der Waals surface area (Å²) in [6, 6.07) is 15.4. The average molecular weight is 361 g/mol. The van der Waals surface area contributed by atoms with Crippen LogP contribution < -0.4 is 0 Å². The summed E-state index contributed by atoms with van der Waals surface area (Å²) in [5, 5.41) is 1.01. The number of ether oxygens (including phenoxy) is 1. The number of aromatic nitrogens is 1. The van der Waals surface area contributed by atoms with Crippen LogP contribution in [0.4, 0.5) is 0 Å². The molecule has 0 saturated heterocycles. The number of hydrogen-bond donors (Lipinski definition) is 0. The number of carbonyl (C=O) groups is 2. The number of nitrogens with zero attached hydrogens (tertiary/aromatic N) is 1. The smallest absolute Gasteiger partial charge is 0.325 e. The Balaban J connectivity index is 1.96. The van der Waals surface area contributed by atoms with Crippen LogP contribution in [0.3, 0.4) is 0 Å². The van der Waals surface area contributed by atoms with E-state index in [9.17, 15) is 9.59 Å². The third-order valence-corrected chi connectivity index (χ3v) is 4.61. The number of para-hydroxylation sites is 1. The fraction of sp³-hybridized carbons (Fsp3) is 0.217. The Labute approximate surface area is 159 Å². The van der Waals surface area contributed by atoms with Crippen molar-refractivity contribution in [2.75, 3.05) is 6.61 Å². The van der Waals surface area contributed by atoms with Crippen LogP contribution in [0.2, 0.25) is 0 Å². The highest BCUT2D eigenvalue weighted by Gasteiger charge is 2.15.